The molecule has 1 aliphatic heterocycles. The third-order valence-electron chi connectivity index (χ3n) is 5.42. The second-order valence-corrected chi connectivity index (χ2v) is 7.57. The molecule has 0 saturated carbocycles. The Kier molecular flexibility index (Phi) is 6.37. The number of para-hydroxylation sites is 2. The van der Waals surface area contributed by atoms with E-state index in [4.69, 9.17) is 4.74 Å². The zero-order chi connectivity index (χ0) is 22.5. The van der Waals surface area contributed by atoms with Crippen molar-refractivity contribution in [2.24, 2.45) is 0 Å². The molecule has 1 aromatic carbocycles. The molecule has 32 heavy (non-hydrogen) atoms. The van der Waals surface area contributed by atoms with Gasteiger partial charge in [0.15, 0.2) is 0 Å². The third-order valence-corrected chi connectivity index (χ3v) is 5.42. The van der Waals surface area contributed by atoms with Gasteiger partial charge in [-0.25, -0.2) is 4.98 Å². The maximum atomic E-state index is 13.0. The Labute approximate surface area is 186 Å². The lowest BCUT2D eigenvalue weighted by molar-refractivity contribution is 0.102. The highest BCUT2D eigenvalue weighted by Gasteiger charge is 2.19. The van der Waals surface area contributed by atoms with E-state index in [0.717, 1.165) is 31.9 Å². The Morgan fingerprint density at radius 2 is 1.84 bits per heavy atom. The number of carbonyl (C=O) groups is 1. The minimum absolute atomic E-state index is 0.0386. The number of ether oxygens (including phenoxy) is 1. The number of methoxy groups -OCH3 is 1. The summed E-state index contributed by atoms with van der Waals surface area (Å²) in [6.07, 6.45) is 3.23. The number of anilines is 4. The van der Waals surface area contributed by atoms with Gasteiger partial charge in [-0.2, -0.15) is 0 Å². The number of piperazine rings is 1. The molecule has 2 aromatic heterocycles. The lowest BCUT2D eigenvalue weighted by atomic mass is 10.2. The van der Waals surface area contributed by atoms with Crippen LogP contribution in [0.15, 0.2) is 59.7 Å². The molecule has 9 nitrogen and oxygen atoms in total. The highest BCUT2D eigenvalue weighted by atomic mass is 16.5. The number of hydrogen-bond acceptors (Lipinski definition) is 7. The smallest absolute Gasteiger partial charge is 0.264 e. The van der Waals surface area contributed by atoms with Crippen LogP contribution in [-0.2, 0) is 0 Å². The highest BCUT2D eigenvalue weighted by Crippen LogP contribution is 2.28. The first-order valence-corrected chi connectivity index (χ1v) is 10.4. The number of rotatable bonds is 6. The topological polar surface area (TPSA) is 103 Å². The summed E-state index contributed by atoms with van der Waals surface area (Å²) in [6.45, 7) is 3.86. The van der Waals surface area contributed by atoms with E-state index in [1.807, 2.05) is 18.2 Å². The van der Waals surface area contributed by atoms with E-state index in [2.05, 4.69) is 37.4 Å². The summed E-state index contributed by atoms with van der Waals surface area (Å²) in [5.41, 5.74) is 1.47. The number of amides is 1. The van der Waals surface area contributed by atoms with Gasteiger partial charge in [0.1, 0.15) is 17.1 Å². The number of nitrogens with one attached hydrogen (secondary N) is 3. The molecule has 1 aliphatic rings. The minimum atomic E-state index is -0.552. The molecular weight excluding hydrogens is 408 g/mol. The van der Waals surface area contributed by atoms with Crippen LogP contribution in [-0.4, -0.2) is 61.1 Å². The molecule has 0 spiro atoms. The summed E-state index contributed by atoms with van der Waals surface area (Å²) in [5, 5.41) is 5.84. The largest absolute Gasteiger partial charge is 0.495 e. The second-order valence-electron chi connectivity index (χ2n) is 7.57. The highest BCUT2D eigenvalue weighted by molar-refractivity contribution is 6.07. The van der Waals surface area contributed by atoms with Crippen LogP contribution in [0.5, 0.6) is 5.75 Å². The van der Waals surface area contributed by atoms with Crippen LogP contribution in [0.25, 0.3) is 0 Å². The molecule has 0 radical (unpaired) electrons. The number of hydrogen-bond donors (Lipinski definition) is 3. The fourth-order valence-corrected chi connectivity index (χ4v) is 3.59. The molecule has 4 rings (SSSR count). The quantitative estimate of drug-likeness (QED) is 0.548. The van der Waals surface area contributed by atoms with Crippen LogP contribution in [0.3, 0.4) is 0 Å². The zero-order valence-electron chi connectivity index (χ0n) is 18.1. The summed E-state index contributed by atoms with van der Waals surface area (Å²) < 4.78 is 5.35. The summed E-state index contributed by atoms with van der Waals surface area (Å²) in [7, 11) is 3.67. The molecule has 166 valence electrons. The van der Waals surface area contributed by atoms with Crippen LogP contribution in [0, 0.1) is 0 Å². The van der Waals surface area contributed by atoms with Gasteiger partial charge in [-0.05, 0) is 37.4 Å². The maximum Gasteiger partial charge on any atom is 0.264 e. The first-order valence-electron chi connectivity index (χ1n) is 10.4. The Balaban J connectivity index is 1.52. The van der Waals surface area contributed by atoms with Crippen LogP contribution in [0.4, 0.5) is 22.9 Å². The van der Waals surface area contributed by atoms with Crippen LogP contribution in [0.1, 0.15) is 10.4 Å². The molecule has 1 amide bonds. The lowest BCUT2D eigenvalue weighted by Crippen LogP contribution is -2.44. The Morgan fingerprint density at radius 1 is 1.06 bits per heavy atom. The third kappa shape index (κ3) is 4.73. The van der Waals surface area contributed by atoms with Gasteiger partial charge in [-0.1, -0.05) is 12.1 Å². The van der Waals surface area contributed by atoms with Gasteiger partial charge in [0.05, 0.1) is 30.4 Å². The summed E-state index contributed by atoms with van der Waals surface area (Å²) in [6, 6.07) is 12.6. The molecule has 1 fully saturated rings. The van der Waals surface area contributed by atoms with Crippen molar-refractivity contribution in [2.45, 2.75) is 0 Å². The monoisotopic (exact) mass is 434 g/mol. The van der Waals surface area contributed by atoms with Crippen LogP contribution >= 0.6 is 0 Å². The van der Waals surface area contributed by atoms with Gasteiger partial charge < -0.3 is 30.2 Å². The van der Waals surface area contributed by atoms with Gasteiger partial charge >= 0.3 is 0 Å². The van der Waals surface area contributed by atoms with Crippen molar-refractivity contribution in [2.75, 3.05) is 55.9 Å². The van der Waals surface area contributed by atoms with E-state index in [-0.39, 0.29) is 5.56 Å². The van der Waals surface area contributed by atoms with Crippen LogP contribution < -0.4 is 25.8 Å². The Bertz CT molecular complexity index is 1140. The van der Waals surface area contributed by atoms with Crippen molar-refractivity contribution in [3.8, 4) is 5.75 Å². The molecule has 3 heterocycles. The molecule has 0 bridgehead atoms. The van der Waals surface area contributed by atoms with E-state index >= 15 is 0 Å². The lowest BCUT2D eigenvalue weighted by Gasteiger charge is -2.33. The van der Waals surface area contributed by atoms with E-state index in [9.17, 15) is 9.59 Å². The number of pyridine rings is 2. The molecule has 0 unspecified atom stereocenters. The number of H-pyrrole nitrogens is 1. The number of aromatic amines is 1. The standard InChI is InChI=1S/C23H26N6O3/c1-28-11-13-29(14-12-28)16-7-8-20(25-15-16)27-23(31)21-18(9-10-24-22(21)30)26-17-5-3-4-6-19(17)32-2/h3-10,15H,11-14H2,1-2H3,(H2,24,26,30)(H,25,27,31). The van der Waals surface area contributed by atoms with Crippen molar-refractivity contribution < 1.29 is 9.53 Å². The van der Waals surface area contributed by atoms with Crippen LogP contribution in [0.2, 0.25) is 0 Å². The van der Waals surface area contributed by atoms with Crippen molar-refractivity contribution in [3.63, 3.8) is 0 Å². The predicted molar refractivity (Wildman–Crippen MR) is 125 cm³/mol. The summed E-state index contributed by atoms with van der Waals surface area (Å²) in [4.78, 5) is 36.9. The molecule has 3 aromatic rings. The maximum absolute atomic E-state index is 13.0. The molecule has 1 saturated heterocycles. The summed E-state index contributed by atoms with van der Waals surface area (Å²) >= 11 is 0. The molecule has 9 heteroatoms. The zero-order valence-corrected chi connectivity index (χ0v) is 18.1. The Morgan fingerprint density at radius 3 is 2.56 bits per heavy atom. The Hall–Kier alpha value is -3.85. The average Bonchev–Trinajstić information content (AvgIpc) is 2.80. The van der Waals surface area contributed by atoms with Crippen molar-refractivity contribution in [1.82, 2.24) is 14.9 Å². The van der Waals surface area contributed by atoms with Crippen molar-refractivity contribution in [1.29, 1.82) is 0 Å². The summed E-state index contributed by atoms with van der Waals surface area (Å²) in [5.74, 6) is 0.420. The van der Waals surface area contributed by atoms with Crippen molar-refractivity contribution >= 4 is 28.8 Å². The van der Waals surface area contributed by atoms with Gasteiger partial charge in [0.2, 0.25) is 0 Å². The fraction of sp³-hybridized carbons (Fsp3) is 0.261. The average molecular weight is 435 g/mol. The second kappa shape index (κ2) is 9.52. The predicted octanol–water partition coefficient (Wildman–Crippen LogP) is 2.53. The SMILES string of the molecule is COc1ccccc1Nc1cc[nH]c(=O)c1C(=O)Nc1ccc(N2CCN(C)CC2)cn1. The van der Waals surface area contributed by atoms with Gasteiger partial charge in [-0.15, -0.1) is 0 Å². The number of aromatic nitrogens is 2. The van der Waals surface area contributed by atoms with Crippen molar-refractivity contribution in [3.05, 3.63) is 70.8 Å². The molecule has 3 N–H and O–H groups in total. The first kappa shape index (κ1) is 21.4. The first-order chi connectivity index (χ1) is 15.5. The molecular formula is C23H26N6O3. The number of nitrogens with zero attached hydrogens (tertiary/aromatic N) is 3. The van der Waals surface area contributed by atoms with Gasteiger partial charge in [0.25, 0.3) is 11.5 Å². The molecule has 0 aliphatic carbocycles. The van der Waals surface area contributed by atoms with E-state index in [1.54, 1.807) is 37.6 Å². The minimum Gasteiger partial charge on any atom is -0.495 e. The van der Waals surface area contributed by atoms with E-state index in [1.165, 1.54) is 6.20 Å². The number of likely N-dealkylation sites (N-methyl/N-ethyl adjacent to an activating group) is 1. The number of carbonyl (C=O) groups excluding carboxylic acids is 1. The fourth-order valence-electron chi connectivity index (χ4n) is 3.59. The number of benzene rings is 1. The van der Waals surface area contributed by atoms with Gasteiger partial charge in [0, 0.05) is 32.4 Å². The van der Waals surface area contributed by atoms with E-state index in [0.29, 0.717) is 22.9 Å². The van der Waals surface area contributed by atoms with E-state index < -0.39 is 11.5 Å². The molecule has 0 atom stereocenters. The normalized spacial score (nSPS) is 14.1. The van der Waals surface area contributed by atoms with Gasteiger partial charge in [-0.3, -0.25) is 9.59 Å².